The summed E-state index contributed by atoms with van der Waals surface area (Å²) in [6.07, 6.45) is 9.86. The molecule has 4 nitrogen and oxygen atoms in total. The van der Waals surface area contributed by atoms with Crippen LogP contribution in [0.25, 0.3) is 0 Å². The largest absolute Gasteiger partial charge is 0.464 e. The van der Waals surface area contributed by atoms with E-state index in [2.05, 4.69) is 11.2 Å². The SMILES string of the molecule is C#Cc1ccc(CC(=O)NC2(C(=O)OCC)CCCCC2)c(C)c1. The first-order chi connectivity index (χ1) is 11.5. The van der Waals surface area contributed by atoms with Gasteiger partial charge in [0.1, 0.15) is 5.54 Å². The number of carbonyl (C=O) groups is 2. The molecule has 128 valence electrons. The van der Waals surface area contributed by atoms with Crippen molar-refractivity contribution in [3.63, 3.8) is 0 Å². The third-order valence-electron chi connectivity index (χ3n) is 4.61. The molecule has 1 aromatic carbocycles. The van der Waals surface area contributed by atoms with Crippen LogP contribution in [0.3, 0.4) is 0 Å². The Balaban J connectivity index is 2.10. The third kappa shape index (κ3) is 4.17. The summed E-state index contributed by atoms with van der Waals surface area (Å²) in [4.78, 5) is 24.9. The molecular formula is C20H25NO3. The van der Waals surface area contributed by atoms with Gasteiger partial charge in [-0.05, 0) is 49.9 Å². The molecule has 4 heteroatoms. The Kier molecular flexibility index (Phi) is 6.03. The molecule has 2 rings (SSSR count). The van der Waals surface area contributed by atoms with Crippen molar-refractivity contribution in [1.82, 2.24) is 5.32 Å². The molecule has 0 bridgehead atoms. The lowest BCUT2D eigenvalue weighted by molar-refractivity contribution is -0.155. The van der Waals surface area contributed by atoms with Crippen LogP contribution in [0, 0.1) is 19.3 Å². The Morgan fingerprint density at radius 1 is 1.29 bits per heavy atom. The molecule has 1 fully saturated rings. The second kappa shape index (κ2) is 8.01. The maximum atomic E-state index is 12.5. The average Bonchev–Trinajstić information content (AvgIpc) is 2.57. The van der Waals surface area contributed by atoms with E-state index in [1.807, 2.05) is 25.1 Å². The smallest absolute Gasteiger partial charge is 0.331 e. The van der Waals surface area contributed by atoms with E-state index in [0.717, 1.165) is 36.0 Å². The number of hydrogen-bond donors (Lipinski definition) is 1. The molecule has 0 radical (unpaired) electrons. The molecule has 0 spiro atoms. The van der Waals surface area contributed by atoms with E-state index in [1.54, 1.807) is 6.92 Å². The van der Waals surface area contributed by atoms with E-state index in [0.29, 0.717) is 19.4 Å². The lowest BCUT2D eigenvalue weighted by Crippen LogP contribution is -2.56. The fraction of sp³-hybridized carbons (Fsp3) is 0.500. The minimum absolute atomic E-state index is 0.151. The summed E-state index contributed by atoms with van der Waals surface area (Å²) in [5, 5.41) is 2.97. The number of carbonyl (C=O) groups excluding carboxylic acids is 2. The van der Waals surface area contributed by atoms with E-state index < -0.39 is 5.54 Å². The molecule has 0 heterocycles. The first kappa shape index (κ1) is 18.1. The number of ether oxygens (including phenoxy) is 1. The van der Waals surface area contributed by atoms with Gasteiger partial charge in [-0.25, -0.2) is 4.79 Å². The number of amides is 1. The lowest BCUT2D eigenvalue weighted by atomic mass is 9.81. The van der Waals surface area contributed by atoms with Crippen molar-refractivity contribution < 1.29 is 14.3 Å². The monoisotopic (exact) mass is 327 g/mol. The van der Waals surface area contributed by atoms with Gasteiger partial charge in [0.25, 0.3) is 0 Å². The first-order valence-electron chi connectivity index (χ1n) is 8.55. The van der Waals surface area contributed by atoms with Gasteiger partial charge < -0.3 is 10.1 Å². The van der Waals surface area contributed by atoms with Crippen molar-refractivity contribution >= 4 is 11.9 Å². The highest BCUT2D eigenvalue weighted by atomic mass is 16.5. The molecule has 0 aliphatic heterocycles. The van der Waals surface area contributed by atoms with Crippen molar-refractivity contribution in [2.75, 3.05) is 6.61 Å². The lowest BCUT2D eigenvalue weighted by Gasteiger charge is -2.35. The Labute approximate surface area is 144 Å². The molecule has 1 N–H and O–H groups in total. The van der Waals surface area contributed by atoms with Gasteiger partial charge in [0.2, 0.25) is 5.91 Å². The fourth-order valence-electron chi connectivity index (χ4n) is 3.27. The standard InChI is InChI=1S/C20H25NO3/c1-4-16-9-10-17(15(3)13-16)14-18(22)21-20(19(23)24-5-2)11-7-6-8-12-20/h1,9-10,13H,5-8,11-12,14H2,2-3H3,(H,21,22). The number of rotatable bonds is 5. The van der Waals surface area contributed by atoms with E-state index in [4.69, 9.17) is 11.2 Å². The average molecular weight is 327 g/mol. The van der Waals surface area contributed by atoms with Crippen LogP contribution in [0.1, 0.15) is 55.7 Å². The van der Waals surface area contributed by atoms with Crippen LogP contribution in [0.15, 0.2) is 18.2 Å². The van der Waals surface area contributed by atoms with Crippen molar-refractivity contribution in [2.45, 2.75) is 57.9 Å². The summed E-state index contributed by atoms with van der Waals surface area (Å²) in [5.41, 5.74) is 1.83. The third-order valence-corrected chi connectivity index (χ3v) is 4.61. The zero-order valence-electron chi connectivity index (χ0n) is 14.5. The molecule has 1 amide bonds. The minimum Gasteiger partial charge on any atom is -0.464 e. The zero-order valence-corrected chi connectivity index (χ0v) is 14.5. The minimum atomic E-state index is -0.863. The Morgan fingerprint density at radius 2 is 2.00 bits per heavy atom. The second-order valence-electron chi connectivity index (χ2n) is 6.37. The maximum absolute atomic E-state index is 12.5. The molecule has 0 unspecified atom stereocenters. The Hall–Kier alpha value is -2.28. The summed E-state index contributed by atoms with van der Waals surface area (Å²) in [6, 6.07) is 5.60. The van der Waals surface area contributed by atoms with Gasteiger partial charge in [-0.15, -0.1) is 6.42 Å². The Morgan fingerprint density at radius 3 is 2.58 bits per heavy atom. The van der Waals surface area contributed by atoms with Gasteiger partial charge in [0.15, 0.2) is 0 Å². The van der Waals surface area contributed by atoms with E-state index >= 15 is 0 Å². The summed E-state index contributed by atoms with van der Waals surface area (Å²) >= 11 is 0. The van der Waals surface area contributed by atoms with Crippen LogP contribution in [-0.2, 0) is 20.7 Å². The summed E-state index contributed by atoms with van der Waals surface area (Å²) in [6.45, 7) is 4.04. The van der Waals surface area contributed by atoms with Crippen LogP contribution in [0.2, 0.25) is 0 Å². The van der Waals surface area contributed by atoms with Gasteiger partial charge in [0, 0.05) is 5.56 Å². The van der Waals surface area contributed by atoms with Crippen molar-refractivity contribution in [3.05, 3.63) is 34.9 Å². The highest BCUT2D eigenvalue weighted by molar-refractivity contribution is 5.89. The van der Waals surface area contributed by atoms with Crippen molar-refractivity contribution in [1.29, 1.82) is 0 Å². The Bertz CT molecular complexity index is 651. The van der Waals surface area contributed by atoms with Crippen molar-refractivity contribution in [2.24, 2.45) is 0 Å². The first-order valence-corrected chi connectivity index (χ1v) is 8.55. The van der Waals surface area contributed by atoms with Gasteiger partial charge >= 0.3 is 5.97 Å². The van der Waals surface area contributed by atoms with Gasteiger partial charge in [0.05, 0.1) is 13.0 Å². The quantitative estimate of drug-likeness (QED) is 0.668. The molecule has 24 heavy (non-hydrogen) atoms. The maximum Gasteiger partial charge on any atom is 0.331 e. The molecule has 1 saturated carbocycles. The number of terminal acetylenes is 1. The van der Waals surface area contributed by atoms with Crippen LogP contribution in [0.5, 0.6) is 0 Å². The number of esters is 1. The molecule has 0 atom stereocenters. The number of hydrogen-bond acceptors (Lipinski definition) is 3. The van der Waals surface area contributed by atoms with Gasteiger partial charge in [-0.2, -0.15) is 0 Å². The highest BCUT2D eigenvalue weighted by Crippen LogP contribution is 2.29. The van der Waals surface area contributed by atoms with Crippen LogP contribution >= 0.6 is 0 Å². The van der Waals surface area contributed by atoms with Crippen LogP contribution < -0.4 is 5.32 Å². The van der Waals surface area contributed by atoms with Crippen LogP contribution in [0.4, 0.5) is 0 Å². The highest BCUT2D eigenvalue weighted by Gasteiger charge is 2.42. The molecular weight excluding hydrogens is 302 g/mol. The topological polar surface area (TPSA) is 55.4 Å². The van der Waals surface area contributed by atoms with E-state index in [-0.39, 0.29) is 18.3 Å². The molecule has 1 aromatic rings. The molecule has 0 saturated heterocycles. The second-order valence-corrected chi connectivity index (χ2v) is 6.37. The van der Waals surface area contributed by atoms with Crippen molar-refractivity contribution in [3.8, 4) is 12.3 Å². The molecule has 0 aromatic heterocycles. The zero-order chi connectivity index (χ0) is 17.6. The summed E-state index contributed by atoms with van der Waals surface area (Å²) < 4.78 is 5.21. The predicted molar refractivity (Wildman–Crippen MR) is 93.4 cm³/mol. The number of nitrogens with one attached hydrogen (secondary N) is 1. The predicted octanol–water partition coefficient (Wildman–Crippen LogP) is 2.90. The van der Waals surface area contributed by atoms with Gasteiger partial charge in [-0.1, -0.05) is 31.2 Å². The number of aryl methyl sites for hydroxylation is 1. The normalized spacial score (nSPS) is 16.0. The summed E-state index contributed by atoms with van der Waals surface area (Å²) in [5.74, 6) is 2.13. The fourth-order valence-corrected chi connectivity index (χ4v) is 3.27. The van der Waals surface area contributed by atoms with Gasteiger partial charge in [-0.3, -0.25) is 4.79 Å². The number of benzene rings is 1. The molecule has 1 aliphatic rings. The summed E-state index contributed by atoms with van der Waals surface area (Å²) in [7, 11) is 0. The van der Waals surface area contributed by atoms with E-state index in [9.17, 15) is 9.59 Å². The van der Waals surface area contributed by atoms with Crippen LogP contribution in [-0.4, -0.2) is 24.0 Å². The van der Waals surface area contributed by atoms with E-state index in [1.165, 1.54) is 0 Å². The molecule has 1 aliphatic carbocycles.